The van der Waals surface area contributed by atoms with Gasteiger partial charge in [-0.2, -0.15) is 4.31 Å². The second-order valence-electron chi connectivity index (χ2n) is 5.77. The Labute approximate surface area is 136 Å². The first-order chi connectivity index (χ1) is 10.9. The number of halogens is 1. The summed E-state index contributed by atoms with van der Waals surface area (Å²) in [6, 6.07) is 12.3. The van der Waals surface area contributed by atoms with Gasteiger partial charge in [0.1, 0.15) is 5.82 Å². The van der Waals surface area contributed by atoms with Crippen LogP contribution in [0.25, 0.3) is 0 Å². The summed E-state index contributed by atoms with van der Waals surface area (Å²) in [5.41, 5.74) is 4.02. The molecule has 23 heavy (non-hydrogen) atoms. The molecule has 1 aliphatic rings. The van der Waals surface area contributed by atoms with Crippen molar-refractivity contribution in [2.45, 2.75) is 19.5 Å². The van der Waals surface area contributed by atoms with Gasteiger partial charge >= 0.3 is 0 Å². The fourth-order valence-electron chi connectivity index (χ4n) is 2.88. The molecule has 0 aromatic heterocycles. The van der Waals surface area contributed by atoms with Crippen molar-refractivity contribution in [1.29, 1.82) is 0 Å². The molecule has 6 heteroatoms. The SMILES string of the molecule is CS(=O)(=O)N1CCc2c(cccc2NCc2cccc(F)c2)C1. The van der Waals surface area contributed by atoms with Crippen LogP contribution in [0.15, 0.2) is 42.5 Å². The number of nitrogens with one attached hydrogen (secondary N) is 1. The third-order valence-electron chi connectivity index (χ3n) is 4.07. The Kier molecular flexibility index (Phi) is 4.37. The van der Waals surface area contributed by atoms with E-state index in [1.165, 1.54) is 22.7 Å². The number of hydrogen-bond acceptors (Lipinski definition) is 3. The van der Waals surface area contributed by atoms with Gasteiger partial charge in [-0.3, -0.25) is 0 Å². The van der Waals surface area contributed by atoms with E-state index in [-0.39, 0.29) is 5.82 Å². The van der Waals surface area contributed by atoms with E-state index in [1.807, 2.05) is 24.3 Å². The van der Waals surface area contributed by atoms with Crippen molar-refractivity contribution >= 4 is 15.7 Å². The summed E-state index contributed by atoms with van der Waals surface area (Å²) < 4.78 is 38.1. The van der Waals surface area contributed by atoms with Crippen LogP contribution in [0, 0.1) is 5.82 Å². The molecule has 0 bridgehead atoms. The highest BCUT2D eigenvalue weighted by Gasteiger charge is 2.24. The van der Waals surface area contributed by atoms with Crippen molar-refractivity contribution < 1.29 is 12.8 Å². The van der Waals surface area contributed by atoms with Crippen molar-refractivity contribution in [3.63, 3.8) is 0 Å². The maximum atomic E-state index is 13.2. The van der Waals surface area contributed by atoms with Crippen molar-refractivity contribution in [2.75, 3.05) is 18.1 Å². The van der Waals surface area contributed by atoms with Gasteiger partial charge in [0.15, 0.2) is 0 Å². The molecule has 2 aromatic carbocycles. The van der Waals surface area contributed by atoms with E-state index in [4.69, 9.17) is 0 Å². The summed E-state index contributed by atoms with van der Waals surface area (Å²) in [6.07, 6.45) is 1.92. The number of hydrogen-bond donors (Lipinski definition) is 1. The predicted molar refractivity (Wildman–Crippen MR) is 89.1 cm³/mol. The summed E-state index contributed by atoms with van der Waals surface area (Å²) in [4.78, 5) is 0. The molecule has 0 fully saturated rings. The molecule has 0 saturated heterocycles. The lowest BCUT2D eigenvalue weighted by molar-refractivity contribution is 0.395. The van der Waals surface area contributed by atoms with Crippen LogP contribution in [0.5, 0.6) is 0 Å². The molecular formula is C17H19FN2O2S. The standard InChI is InChI=1S/C17H19FN2O2S/c1-23(21,22)20-9-8-16-14(12-20)5-3-7-17(16)19-11-13-4-2-6-15(18)10-13/h2-7,10,19H,8-9,11-12H2,1H3. The van der Waals surface area contributed by atoms with E-state index >= 15 is 0 Å². The lowest BCUT2D eigenvalue weighted by atomic mass is 9.99. The monoisotopic (exact) mass is 334 g/mol. The lowest BCUT2D eigenvalue weighted by Crippen LogP contribution is -2.35. The highest BCUT2D eigenvalue weighted by molar-refractivity contribution is 7.88. The number of rotatable bonds is 4. The quantitative estimate of drug-likeness (QED) is 0.935. The van der Waals surface area contributed by atoms with Crippen LogP contribution in [-0.4, -0.2) is 25.5 Å². The van der Waals surface area contributed by atoms with Gasteiger partial charge in [0.25, 0.3) is 0 Å². The Morgan fingerprint density at radius 2 is 2.00 bits per heavy atom. The molecular weight excluding hydrogens is 315 g/mol. The molecule has 0 radical (unpaired) electrons. The first-order valence-electron chi connectivity index (χ1n) is 7.48. The highest BCUT2D eigenvalue weighted by atomic mass is 32.2. The van der Waals surface area contributed by atoms with Crippen molar-refractivity contribution in [3.8, 4) is 0 Å². The fraction of sp³-hybridized carbons (Fsp3) is 0.294. The van der Waals surface area contributed by atoms with Crippen molar-refractivity contribution in [2.24, 2.45) is 0 Å². The van der Waals surface area contributed by atoms with Gasteiger partial charge in [0.2, 0.25) is 10.0 Å². The number of anilines is 1. The zero-order valence-electron chi connectivity index (χ0n) is 12.9. The Hall–Kier alpha value is -1.92. The molecule has 122 valence electrons. The maximum Gasteiger partial charge on any atom is 0.211 e. The smallest absolute Gasteiger partial charge is 0.211 e. The molecule has 1 N–H and O–H groups in total. The third-order valence-corrected chi connectivity index (χ3v) is 5.32. The van der Waals surface area contributed by atoms with E-state index in [0.717, 1.165) is 22.4 Å². The Morgan fingerprint density at radius 1 is 1.22 bits per heavy atom. The minimum Gasteiger partial charge on any atom is -0.381 e. The van der Waals surface area contributed by atoms with Gasteiger partial charge in [-0.25, -0.2) is 12.8 Å². The number of benzene rings is 2. The van der Waals surface area contributed by atoms with Crippen LogP contribution in [-0.2, 0) is 29.5 Å². The summed E-state index contributed by atoms with van der Waals surface area (Å²) >= 11 is 0. The summed E-state index contributed by atoms with van der Waals surface area (Å²) in [7, 11) is -3.17. The zero-order valence-corrected chi connectivity index (χ0v) is 13.7. The van der Waals surface area contributed by atoms with Crippen LogP contribution in [0.4, 0.5) is 10.1 Å². The number of nitrogens with zero attached hydrogens (tertiary/aromatic N) is 1. The molecule has 0 unspecified atom stereocenters. The Balaban J connectivity index is 1.78. The third kappa shape index (κ3) is 3.71. The summed E-state index contributed by atoms with van der Waals surface area (Å²) in [5, 5.41) is 3.34. The molecule has 1 aliphatic heterocycles. The second kappa shape index (κ2) is 6.29. The predicted octanol–water partition coefficient (Wildman–Crippen LogP) is 2.76. The minimum absolute atomic E-state index is 0.247. The highest BCUT2D eigenvalue weighted by Crippen LogP contribution is 2.27. The molecule has 0 spiro atoms. The first kappa shape index (κ1) is 16.0. The molecule has 3 rings (SSSR count). The van der Waals surface area contributed by atoms with E-state index in [0.29, 0.717) is 26.1 Å². The number of sulfonamides is 1. The molecule has 0 aliphatic carbocycles. The molecule has 4 nitrogen and oxygen atoms in total. The normalized spacial score (nSPS) is 15.2. The van der Waals surface area contributed by atoms with Crippen LogP contribution >= 0.6 is 0 Å². The van der Waals surface area contributed by atoms with Crippen molar-refractivity contribution in [1.82, 2.24) is 4.31 Å². The average molecular weight is 334 g/mol. The number of fused-ring (bicyclic) bond motifs is 1. The molecule has 2 aromatic rings. The van der Waals surface area contributed by atoms with Gasteiger partial charge < -0.3 is 5.32 Å². The lowest BCUT2D eigenvalue weighted by Gasteiger charge is -2.28. The summed E-state index contributed by atoms with van der Waals surface area (Å²) in [6.45, 7) is 1.43. The fourth-order valence-corrected chi connectivity index (χ4v) is 3.67. The van der Waals surface area contributed by atoms with E-state index in [2.05, 4.69) is 5.32 Å². The largest absolute Gasteiger partial charge is 0.381 e. The van der Waals surface area contributed by atoms with Crippen LogP contribution in [0.3, 0.4) is 0 Å². The van der Waals surface area contributed by atoms with Gasteiger partial charge in [-0.15, -0.1) is 0 Å². The van der Waals surface area contributed by atoms with Crippen LogP contribution in [0.2, 0.25) is 0 Å². The van der Waals surface area contributed by atoms with Gasteiger partial charge in [0, 0.05) is 25.3 Å². The van der Waals surface area contributed by atoms with Gasteiger partial charge in [-0.1, -0.05) is 24.3 Å². The van der Waals surface area contributed by atoms with Crippen LogP contribution < -0.4 is 5.32 Å². The second-order valence-corrected chi connectivity index (χ2v) is 7.76. The minimum atomic E-state index is -3.17. The molecule has 1 heterocycles. The average Bonchev–Trinajstić information content (AvgIpc) is 2.51. The molecule has 0 atom stereocenters. The Morgan fingerprint density at radius 3 is 2.74 bits per heavy atom. The van der Waals surface area contributed by atoms with Gasteiger partial charge in [-0.05, 0) is 41.3 Å². The topological polar surface area (TPSA) is 49.4 Å². The summed E-state index contributed by atoms with van der Waals surface area (Å²) in [5.74, 6) is -0.247. The van der Waals surface area contributed by atoms with Crippen LogP contribution in [0.1, 0.15) is 16.7 Å². The van der Waals surface area contributed by atoms with E-state index in [9.17, 15) is 12.8 Å². The van der Waals surface area contributed by atoms with Gasteiger partial charge in [0.05, 0.1) is 6.26 Å². The van der Waals surface area contributed by atoms with Crippen molar-refractivity contribution in [3.05, 3.63) is 65.0 Å². The first-order valence-corrected chi connectivity index (χ1v) is 9.32. The zero-order chi connectivity index (χ0) is 16.4. The maximum absolute atomic E-state index is 13.2. The van der Waals surface area contributed by atoms with E-state index < -0.39 is 10.0 Å². The van der Waals surface area contributed by atoms with E-state index in [1.54, 1.807) is 6.07 Å². The molecule has 0 saturated carbocycles. The molecule has 0 amide bonds. The Bertz CT molecular complexity index is 821.